The van der Waals surface area contributed by atoms with Crippen LogP contribution >= 0.6 is 0 Å². The Balaban J connectivity index is 1.86. The molecule has 0 unspecified atom stereocenters. The Morgan fingerprint density at radius 3 is 2.64 bits per heavy atom. The molecule has 3 heteroatoms. The van der Waals surface area contributed by atoms with Crippen LogP contribution in [0.2, 0.25) is 0 Å². The molecule has 2 rings (SSSR count). The van der Waals surface area contributed by atoms with Gasteiger partial charge < -0.3 is 15.0 Å². The standard InChI is InChI=1S/C19H32N2O/c1-4-13-22-18-14-16(2)19(17(3)15-18)7-5-10-21-11-6-8-20-9-12-21/h14-15,20H,4-13H2,1-3H3. The Labute approximate surface area is 136 Å². The summed E-state index contributed by atoms with van der Waals surface area (Å²) in [6, 6.07) is 4.40. The average Bonchev–Trinajstić information content (AvgIpc) is 2.76. The summed E-state index contributed by atoms with van der Waals surface area (Å²) >= 11 is 0. The molecule has 1 aliphatic heterocycles. The maximum atomic E-state index is 5.77. The molecule has 22 heavy (non-hydrogen) atoms. The predicted octanol–water partition coefficient (Wildman–Crippen LogP) is 3.32. The smallest absolute Gasteiger partial charge is 0.119 e. The van der Waals surface area contributed by atoms with Gasteiger partial charge in [-0.3, -0.25) is 0 Å². The average molecular weight is 304 g/mol. The van der Waals surface area contributed by atoms with Crippen molar-refractivity contribution in [1.29, 1.82) is 0 Å². The van der Waals surface area contributed by atoms with E-state index in [1.807, 2.05) is 0 Å². The van der Waals surface area contributed by atoms with Gasteiger partial charge in [-0.1, -0.05) is 6.92 Å². The number of ether oxygens (including phenoxy) is 1. The van der Waals surface area contributed by atoms with Crippen LogP contribution in [0.15, 0.2) is 12.1 Å². The molecule has 1 aromatic rings. The molecule has 0 spiro atoms. The number of rotatable bonds is 7. The SMILES string of the molecule is CCCOc1cc(C)c(CCCN2CCCNCC2)c(C)c1. The van der Waals surface area contributed by atoms with Gasteiger partial charge in [-0.05, 0) is 88.0 Å². The second kappa shape index (κ2) is 9.16. The summed E-state index contributed by atoms with van der Waals surface area (Å²) in [6.07, 6.45) is 4.76. The van der Waals surface area contributed by atoms with E-state index in [-0.39, 0.29) is 0 Å². The second-order valence-corrected chi connectivity index (χ2v) is 6.43. The Bertz CT molecular complexity index is 428. The van der Waals surface area contributed by atoms with E-state index in [0.29, 0.717) is 0 Å². The molecule has 0 saturated carbocycles. The molecule has 0 amide bonds. The quantitative estimate of drug-likeness (QED) is 0.836. The molecule has 1 fully saturated rings. The van der Waals surface area contributed by atoms with Crippen molar-refractivity contribution in [3.05, 3.63) is 28.8 Å². The van der Waals surface area contributed by atoms with Gasteiger partial charge in [0.15, 0.2) is 0 Å². The van der Waals surface area contributed by atoms with Crippen molar-refractivity contribution in [1.82, 2.24) is 10.2 Å². The first kappa shape index (κ1) is 17.3. The van der Waals surface area contributed by atoms with Crippen LogP contribution in [0.25, 0.3) is 0 Å². The molecule has 0 atom stereocenters. The number of hydrogen-bond acceptors (Lipinski definition) is 3. The Kier molecular flexibility index (Phi) is 7.20. The highest BCUT2D eigenvalue weighted by atomic mass is 16.5. The van der Waals surface area contributed by atoms with Gasteiger partial charge in [-0.25, -0.2) is 0 Å². The van der Waals surface area contributed by atoms with Crippen molar-refractivity contribution < 1.29 is 4.74 Å². The lowest BCUT2D eigenvalue weighted by Crippen LogP contribution is -2.29. The van der Waals surface area contributed by atoms with Crippen LogP contribution < -0.4 is 10.1 Å². The van der Waals surface area contributed by atoms with Crippen LogP contribution in [0.5, 0.6) is 5.75 Å². The van der Waals surface area contributed by atoms with E-state index < -0.39 is 0 Å². The van der Waals surface area contributed by atoms with Gasteiger partial charge in [-0.2, -0.15) is 0 Å². The van der Waals surface area contributed by atoms with Crippen molar-refractivity contribution in [2.75, 3.05) is 39.3 Å². The lowest BCUT2D eigenvalue weighted by molar-refractivity contribution is 0.289. The molecule has 1 saturated heterocycles. The van der Waals surface area contributed by atoms with Crippen LogP contribution in [0.4, 0.5) is 0 Å². The summed E-state index contributed by atoms with van der Waals surface area (Å²) < 4.78 is 5.77. The van der Waals surface area contributed by atoms with Gasteiger partial charge in [0.2, 0.25) is 0 Å². The minimum Gasteiger partial charge on any atom is -0.494 e. The Hall–Kier alpha value is -1.06. The zero-order valence-electron chi connectivity index (χ0n) is 14.6. The normalized spacial score (nSPS) is 16.5. The van der Waals surface area contributed by atoms with Gasteiger partial charge in [0, 0.05) is 13.1 Å². The zero-order chi connectivity index (χ0) is 15.8. The summed E-state index contributed by atoms with van der Waals surface area (Å²) in [7, 11) is 0. The highest BCUT2D eigenvalue weighted by molar-refractivity contribution is 5.41. The Morgan fingerprint density at radius 1 is 1.14 bits per heavy atom. The van der Waals surface area contributed by atoms with Crippen molar-refractivity contribution in [2.45, 2.75) is 46.5 Å². The van der Waals surface area contributed by atoms with E-state index in [1.165, 1.54) is 62.1 Å². The van der Waals surface area contributed by atoms with Gasteiger partial charge in [0.05, 0.1) is 6.61 Å². The number of hydrogen-bond donors (Lipinski definition) is 1. The van der Waals surface area contributed by atoms with Gasteiger partial charge >= 0.3 is 0 Å². The summed E-state index contributed by atoms with van der Waals surface area (Å²) in [5, 5.41) is 3.47. The van der Waals surface area contributed by atoms with E-state index in [2.05, 4.69) is 43.1 Å². The van der Waals surface area contributed by atoms with Crippen molar-refractivity contribution >= 4 is 0 Å². The number of aryl methyl sites for hydroxylation is 2. The first-order valence-corrected chi connectivity index (χ1v) is 8.86. The van der Waals surface area contributed by atoms with Crippen molar-refractivity contribution in [2.24, 2.45) is 0 Å². The molecule has 1 aliphatic rings. The van der Waals surface area contributed by atoms with E-state index >= 15 is 0 Å². The van der Waals surface area contributed by atoms with E-state index in [4.69, 9.17) is 4.74 Å². The molecule has 0 aromatic heterocycles. The molecule has 0 radical (unpaired) electrons. The van der Waals surface area contributed by atoms with Crippen LogP contribution in [-0.2, 0) is 6.42 Å². The van der Waals surface area contributed by atoms with Gasteiger partial charge in [0.1, 0.15) is 5.75 Å². The summed E-state index contributed by atoms with van der Waals surface area (Å²) in [5.74, 6) is 1.03. The van der Waals surface area contributed by atoms with Crippen LogP contribution in [0, 0.1) is 13.8 Å². The Morgan fingerprint density at radius 2 is 1.91 bits per heavy atom. The fourth-order valence-electron chi connectivity index (χ4n) is 3.26. The van der Waals surface area contributed by atoms with Crippen LogP contribution in [-0.4, -0.2) is 44.2 Å². The summed E-state index contributed by atoms with van der Waals surface area (Å²) in [4.78, 5) is 2.60. The lowest BCUT2D eigenvalue weighted by Gasteiger charge is -2.20. The van der Waals surface area contributed by atoms with Crippen molar-refractivity contribution in [3.63, 3.8) is 0 Å². The monoisotopic (exact) mass is 304 g/mol. The van der Waals surface area contributed by atoms with Gasteiger partial charge in [0.25, 0.3) is 0 Å². The number of benzene rings is 1. The maximum absolute atomic E-state index is 5.77. The lowest BCUT2D eigenvalue weighted by atomic mass is 9.98. The predicted molar refractivity (Wildman–Crippen MR) is 93.9 cm³/mol. The fourth-order valence-corrected chi connectivity index (χ4v) is 3.26. The molecular weight excluding hydrogens is 272 g/mol. The van der Waals surface area contributed by atoms with E-state index in [0.717, 1.165) is 25.3 Å². The van der Waals surface area contributed by atoms with Crippen molar-refractivity contribution in [3.8, 4) is 5.75 Å². The molecule has 0 bridgehead atoms. The number of nitrogens with one attached hydrogen (secondary N) is 1. The highest BCUT2D eigenvalue weighted by Gasteiger charge is 2.10. The molecule has 1 N–H and O–H groups in total. The first-order chi connectivity index (χ1) is 10.7. The number of nitrogens with zero attached hydrogens (tertiary/aromatic N) is 1. The minimum atomic E-state index is 0.807. The summed E-state index contributed by atoms with van der Waals surface area (Å²) in [6.45, 7) is 13.4. The van der Waals surface area contributed by atoms with E-state index in [9.17, 15) is 0 Å². The first-order valence-electron chi connectivity index (χ1n) is 8.86. The molecule has 1 heterocycles. The third kappa shape index (κ3) is 5.29. The molecular formula is C19H32N2O. The van der Waals surface area contributed by atoms with E-state index in [1.54, 1.807) is 0 Å². The molecule has 0 aliphatic carbocycles. The molecule has 124 valence electrons. The second-order valence-electron chi connectivity index (χ2n) is 6.43. The fraction of sp³-hybridized carbons (Fsp3) is 0.684. The minimum absolute atomic E-state index is 0.807. The summed E-state index contributed by atoms with van der Waals surface area (Å²) in [5.41, 5.74) is 4.27. The van der Waals surface area contributed by atoms with Crippen LogP contribution in [0.1, 0.15) is 42.9 Å². The third-order valence-electron chi connectivity index (χ3n) is 4.48. The largest absolute Gasteiger partial charge is 0.494 e. The molecule has 3 nitrogen and oxygen atoms in total. The third-order valence-corrected chi connectivity index (χ3v) is 4.48. The maximum Gasteiger partial charge on any atom is 0.119 e. The molecule has 1 aromatic carbocycles. The van der Waals surface area contributed by atoms with Crippen LogP contribution in [0.3, 0.4) is 0 Å². The zero-order valence-corrected chi connectivity index (χ0v) is 14.6. The highest BCUT2D eigenvalue weighted by Crippen LogP contribution is 2.23. The topological polar surface area (TPSA) is 24.5 Å². The van der Waals surface area contributed by atoms with Gasteiger partial charge in [-0.15, -0.1) is 0 Å².